The van der Waals surface area contributed by atoms with E-state index in [2.05, 4.69) is 4.98 Å². The van der Waals surface area contributed by atoms with Gasteiger partial charge in [-0.1, -0.05) is 23.7 Å². The van der Waals surface area contributed by atoms with Crippen LogP contribution in [0.1, 0.15) is 0 Å². The summed E-state index contributed by atoms with van der Waals surface area (Å²) in [5.41, 5.74) is 2.26. The molecule has 0 aliphatic heterocycles. The number of fused-ring (bicyclic) bond motifs is 1. The van der Waals surface area contributed by atoms with Crippen molar-refractivity contribution in [3.05, 3.63) is 76.3 Å². The number of benzene rings is 2. The molecule has 0 bridgehead atoms. The number of ether oxygens (including phenoxy) is 1. The standard InChI is InChI=1S/C20H15ClN2O3S/c21-14-3-1-13(2-4-14)18-11-17-19(27-18)20(25)23(12-22-17)15-5-7-16(8-6-15)26-10-9-24/h1-8,11-12,24H,9-10H2. The fraction of sp³-hybridized carbons (Fsp3) is 0.100. The van der Waals surface area contributed by atoms with Gasteiger partial charge in [-0.3, -0.25) is 9.36 Å². The minimum atomic E-state index is -0.116. The van der Waals surface area contributed by atoms with Crippen LogP contribution in [0.5, 0.6) is 5.75 Å². The smallest absolute Gasteiger partial charge is 0.275 e. The van der Waals surface area contributed by atoms with Crippen molar-refractivity contribution in [2.75, 3.05) is 13.2 Å². The van der Waals surface area contributed by atoms with E-state index in [-0.39, 0.29) is 18.8 Å². The number of rotatable bonds is 5. The van der Waals surface area contributed by atoms with Gasteiger partial charge in [0.05, 0.1) is 17.8 Å². The molecule has 0 amide bonds. The van der Waals surface area contributed by atoms with E-state index >= 15 is 0 Å². The highest BCUT2D eigenvalue weighted by Gasteiger charge is 2.11. The van der Waals surface area contributed by atoms with Crippen LogP contribution < -0.4 is 10.3 Å². The zero-order valence-electron chi connectivity index (χ0n) is 14.1. The van der Waals surface area contributed by atoms with Crippen molar-refractivity contribution in [3.63, 3.8) is 0 Å². The fourth-order valence-corrected chi connectivity index (χ4v) is 3.89. The van der Waals surface area contributed by atoms with Crippen molar-refractivity contribution in [3.8, 4) is 21.9 Å². The van der Waals surface area contributed by atoms with E-state index in [4.69, 9.17) is 21.4 Å². The third kappa shape index (κ3) is 3.60. The van der Waals surface area contributed by atoms with Crippen molar-refractivity contribution in [2.45, 2.75) is 0 Å². The molecular formula is C20H15ClN2O3S. The monoisotopic (exact) mass is 398 g/mol. The Kier molecular flexibility index (Phi) is 4.94. The van der Waals surface area contributed by atoms with Crippen LogP contribution in [0.2, 0.25) is 5.02 Å². The van der Waals surface area contributed by atoms with Crippen LogP contribution in [-0.4, -0.2) is 27.9 Å². The van der Waals surface area contributed by atoms with E-state index in [1.807, 2.05) is 30.3 Å². The highest BCUT2D eigenvalue weighted by molar-refractivity contribution is 7.22. The Labute approximate surface area is 164 Å². The van der Waals surface area contributed by atoms with Gasteiger partial charge in [0.2, 0.25) is 0 Å². The normalized spacial score (nSPS) is 11.0. The lowest BCUT2D eigenvalue weighted by Gasteiger charge is -2.07. The molecule has 7 heteroatoms. The van der Waals surface area contributed by atoms with E-state index in [9.17, 15) is 4.79 Å². The summed E-state index contributed by atoms with van der Waals surface area (Å²) in [7, 11) is 0. The molecule has 0 fully saturated rings. The van der Waals surface area contributed by atoms with Crippen LogP contribution in [0.3, 0.4) is 0 Å². The number of hydrogen-bond donors (Lipinski definition) is 1. The molecule has 0 unspecified atom stereocenters. The summed E-state index contributed by atoms with van der Waals surface area (Å²) in [6, 6.07) is 16.5. The molecule has 2 heterocycles. The largest absolute Gasteiger partial charge is 0.491 e. The quantitative estimate of drug-likeness (QED) is 0.548. The molecule has 0 aliphatic carbocycles. The van der Waals surface area contributed by atoms with Crippen LogP contribution in [0.25, 0.3) is 26.3 Å². The van der Waals surface area contributed by atoms with Gasteiger partial charge in [0.1, 0.15) is 23.4 Å². The maximum Gasteiger partial charge on any atom is 0.275 e. The first-order chi connectivity index (χ1) is 13.2. The topological polar surface area (TPSA) is 64.4 Å². The van der Waals surface area contributed by atoms with Crippen LogP contribution in [0.4, 0.5) is 0 Å². The number of thiophene rings is 1. The molecule has 1 N–H and O–H groups in total. The van der Waals surface area contributed by atoms with E-state index < -0.39 is 0 Å². The van der Waals surface area contributed by atoms with Crippen LogP contribution >= 0.6 is 22.9 Å². The first-order valence-electron chi connectivity index (χ1n) is 8.27. The number of aromatic nitrogens is 2. The molecule has 4 rings (SSSR count). The summed E-state index contributed by atoms with van der Waals surface area (Å²) in [6.45, 7) is 0.186. The molecule has 0 aliphatic rings. The summed E-state index contributed by atoms with van der Waals surface area (Å²) in [4.78, 5) is 18.3. The predicted molar refractivity (Wildman–Crippen MR) is 108 cm³/mol. The predicted octanol–water partition coefficient (Wildman–Crippen LogP) is 4.14. The summed E-state index contributed by atoms with van der Waals surface area (Å²) in [5, 5.41) is 9.48. The van der Waals surface area contributed by atoms with Crippen LogP contribution in [-0.2, 0) is 0 Å². The number of nitrogens with zero attached hydrogens (tertiary/aromatic N) is 2. The van der Waals surface area contributed by atoms with Crippen molar-refractivity contribution in [2.24, 2.45) is 0 Å². The van der Waals surface area contributed by atoms with E-state index in [1.165, 1.54) is 22.2 Å². The lowest BCUT2D eigenvalue weighted by Crippen LogP contribution is -2.17. The molecule has 5 nitrogen and oxygen atoms in total. The van der Waals surface area contributed by atoms with Gasteiger partial charge in [0, 0.05) is 9.90 Å². The van der Waals surface area contributed by atoms with Gasteiger partial charge in [-0.15, -0.1) is 11.3 Å². The van der Waals surface area contributed by atoms with E-state index in [0.29, 0.717) is 26.7 Å². The highest BCUT2D eigenvalue weighted by atomic mass is 35.5. The maximum absolute atomic E-state index is 12.9. The molecule has 0 saturated heterocycles. The minimum absolute atomic E-state index is 0.0455. The van der Waals surface area contributed by atoms with Crippen LogP contribution in [0.15, 0.2) is 65.7 Å². The minimum Gasteiger partial charge on any atom is -0.491 e. The summed E-state index contributed by atoms with van der Waals surface area (Å²) < 4.78 is 7.46. The average molecular weight is 399 g/mol. The second-order valence-corrected chi connectivity index (χ2v) is 7.31. The van der Waals surface area contributed by atoms with E-state index in [1.54, 1.807) is 24.3 Å². The van der Waals surface area contributed by atoms with Crippen molar-refractivity contribution in [1.82, 2.24) is 9.55 Å². The summed E-state index contributed by atoms with van der Waals surface area (Å²) >= 11 is 7.36. The van der Waals surface area contributed by atoms with Crippen molar-refractivity contribution < 1.29 is 9.84 Å². The molecular weight excluding hydrogens is 384 g/mol. The maximum atomic E-state index is 12.9. The molecule has 0 atom stereocenters. The molecule has 136 valence electrons. The Morgan fingerprint density at radius 3 is 2.56 bits per heavy atom. The first kappa shape index (κ1) is 17.7. The number of aliphatic hydroxyl groups excluding tert-OH is 1. The second-order valence-electron chi connectivity index (χ2n) is 5.82. The van der Waals surface area contributed by atoms with Crippen molar-refractivity contribution >= 4 is 33.2 Å². The zero-order chi connectivity index (χ0) is 18.8. The number of hydrogen-bond acceptors (Lipinski definition) is 5. The molecule has 4 aromatic rings. The van der Waals surface area contributed by atoms with Gasteiger partial charge < -0.3 is 9.84 Å². The molecule has 0 spiro atoms. The lowest BCUT2D eigenvalue weighted by atomic mass is 10.2. The Morgan fingerprint density at radius 1 is 1.11 bits per heavy atom. The fourth-order valence-electron chi connectivity index (χ4n) is 2.72. The molecule has 27 heavy (non-hydrogen) atoms. The third-order valence-corrected chi connectivity index (χ3v) is 5.45. The Hall–Kier alpha value is -2.67. The summed E-state index contributed by atoms with van der Waals surface area (Å²) in [6.07, 6.45) is 1.53. The first-order valence-corrected chi connectivity index (χ1v) is 9.46. The third-order valence-electron chi connectivity index (χ3n) is 4.04. The van der Waals surface area contributed by atoms with Gasteiger partial charge in [0.15, 0.2) is 0 Å². The second kappa shape index (κ2) is 7.52. The lowest BCUT2D eigenvalue weighted by molar-refractivity contribution is 0.201. The molecule has 2 aromatic heterocycles. The zero-order valence-corrected chi connectivity index (χ0v) is 15.7. The SMILES string of the molecule is O=c1c2sc(-c3ccc(Cl)cc3)cc2ncn1-c1ccc(OCCO)cc1. The Morgan fingerprint density at radius 2 is 1.85 bits per heavy atom. The van der Waals surface area contributed by atoms with Crippen molar-refractivity contribution in [1.29, 1.82) is 0 Å². The Balaban J connectivity index is 1.71. The molecule has 2 aromatic carbocycles. The van der Waals surface area contributed by atoms with Gasteiger partial charge >= 0.3 is 0 Å². The number of halogens is 1. The summed E-state index contributed by atoms with van der Waals surface area (Å²) in [5.74, 6) is 0.635. The molecule has 0 saturated carbocycles. The van der Waals surface area contributed by atoms with Gasteiger partial charge in [0.25, 0.3) is 5.56 Å². The van der Waals surface area contributed by atoms with Gasteiger partial charge in [-0.25, -0.2) is 4.98 Å². The van der Waals surface area contributed by atoms with Crippen LogP contribution in [0, 0.1) is 0 Å². The van der Waals surface area contributed by atoms with Gasteiger partial charge in [-0.2, -0.15) is 0 Å². The number of aliphatic hydroxyl groups is 1. The Bertz CT molecular complexity index is 1130. The van der Waals surface area contributed by atoms with E-state index in [0.717, 1.165) is 10.4 Å². The highest BCUT2D eigenvalue weighted by Crippen LogP contribution is 2.31. The van der Waals surface area contributed by atoms with Gasteiger partial charge in [-0.05, 0) is 48.0 Å². The average Bonchev–Trinajstić information content (AvgIpc) is 3.13. The molecule has 0 radical (unpaired) electrons.